The molecule has 1 unspecified atom stereocenters. The van der Waals surface area contributed by atoms with Crippen LogP contribution in [-0.2, 0) is 7.05 Å². The Balaban J connectivity index is 2.02. The molecule has 0 saturated carbocycles. The third kappa shape index (κ3) is 3.61. The number of carbonyl (C=O) groups is 2. The number of rotatable bonds is 4. The molecule has 3 N–H and O–H groups in total. The van der Waals surface area contributed by atoms with E-state index in [4.69, 9.17) is 5.73 Å². The Morgan fingerprint density at radius 2 is 2.08 bits per heavy atom. The van der Waals surface area contributed by atoms with Gasteiger partial charge in [-0.1, -0.05) is 0 Å². The molecule has 0 bridgehead atoms. The fourth-order valence-electron chi connectivity index (χ4n) is 3.12. The van der Waals surface area contributed by atoms with Gasteiger partial charge < -0.3 is 20.5 Å². The van der Waals surface area contributed by atoms with E-state index in [2.05, 4.69) is 5.32 Å². The standard InChI is InChI=1S/C18H20FIN4O2/c1-10(25)16-8-13(18(26)24-6-5-12(21)9-24)17(23(16)2)22-15-4-3-11(20)7-14(15)19/h3-4,7-8,12,22H,5-6,9,21H2,1-2H3. The van der Waals surface area contributed by atoms with E-state index < -0.39 is 5.82 Å². The summed E-state index contributed by atoms with van der Waals surface area (Å²) in [4.78, 5) is 26.5. The Labute approximate surface area is 164 Å². The number of anilines is 2. The summed E-state index contributed by atoms with van der Waals surface area (Å²) in [5, 5.41) is 2.98. The highest BCUT2D eigenvalue weighted by Crippen LogP contribution is 2.29. The first-order chi connectivity index (χ1) is 12.3. The van der Waals surface area contributed by atoms with Gasteiger partial charge in [0, 0.05) is 36.7 Å². The number of Topliss-reactive ketones (excluding diaryl/α,β-unsaturated/α-hetero) is 1. The van der Waals surface area contributed by atoms with Gasteiger partial charge in [0.15, 0.2) is 5.78 Å². The second kappa shape index (κ2) is 7.36. The first kappa shape index (κ1) is 18.8. The monoisotopic (exact) mass is 470 g/mol. The van der Waals surface area contributed by atoms with E-state index in [1.165, 1.54) is 13.0 Å². The smallest absolute Gasteiger partial charge is 0.257 e. The number of amides is 1. The second-order valence-corrected chi connectivity index (χ2v) is 7.70. The normalized spacial score (nSPS) is 16.8. The van der Waals surface area contributed by atoms with Crippen molar-refractivity contribution in [1.82, 2.24) is 9.47 Å². The maximum absolute atomic E-state index is 14.3. The minimum absolute atomic E-state index is 0.0417. The molecule has 26 heavy (non-hydrogen) atoms. The molecular weight excluding hydrogens is 450 g/mol. The summed E-state index contributed by atoms with van der Waals surface area (Å²) >= 11 is 2.03. The molecule has 1 saturated heterocycles. The Bertz CT molecular complexity index is 880. The van der Waals surface area contributed by atoms with E-state index in [9.17, 15) is 14.0 Å². The number of likely N-dealkylation sites (tertiary alicyclic amines) is 1. The average molecular weight is 470 g/mol. The van der Waals surface area contributed by atoms with Crippen LogP contribution in [0.3, 0.4) is 0 Å². The van der Waals surface area contributed by atoms with Crippen LogP contribution in [-0.4, -0.2) is 40.3 Å². The van der Waals surface area contributed by atoms with Crippen molar-refractivity contribution in [1.29, 1.82) is 0 Å². The first-order valence-electron chi connectivity index (χ1n) is 8.25. The lowest BCUT2D eigenvalue weighted by Crippen LogP contribution is -2.32. The maximum Gasteiger partial charge on any atom is 0.257 e. The van der Waals surface area contributed by atoms with Gasteiger partial charge >= 0.3 is 0 Å². The number of benzene rings is 1. The van der Waals surface area contributed by atoms with Gasteiger partial charge in [0.25, 0.3) is 5.91 Å². The number of nitrogens with one attached hydrogen (secondary N) is 1. The summed E-state index contributed by atoms with van der Waals surface area (Å²) in [6.45, 7) is 2.48. The van der Waals surface area contributed by atoms with E-state index >= 15 is 0 Å². The van der Waals surface area contributed by atoms with Crippen molar-refractivity contribution in [2.45, 2.75) is 19.4 Å². The third-order valence-electron chi connectivity index (χ3n) is 4.52. The summed E-state index contributed by atoms with van der Waals surface area (Å²) in [5.41, 5.74) is 6.86. The van der Waals surface area contributed by atoms with Crippen LogP contribution in [0.1, 0.15) is 34.2 Å². The zero-order valence-electron chi connectivity index (χ0n) is 14.6. The Morgan fingerprint density at radius 3 is 2.65 bits per heavy atom. The fraction of sp³-hybridized carbons (Fsp3) is 0.333. The van der Waals surface area contributed by atoms with Gasteiger partial charge in [-0.25, -0.2) is 4.39 Å². The van der Waals surface area contributed by atoms with E-state index in [0.717, 1.165) is 9.99 Å². The number of halogens is 2. The van der Waals surface area contributed by atoms with E-state index in [0.29, 0.717) is 30.2 Å². The molecule has 0 radical (unpaired) electrons. The van der Waals surface area contributed by atoms with Gasteiger partial charge in [-0.05, 0) is 53.3 Å². The lowest BCUT2D eigenvalue weighted by atomic mass is 10.2. The molecule has 8 heteroatoms. The molecule has 1 amide bonds. The zero-order valence-corrected chi connectivity index (χ0v) is 16.7. The van der Waals surface area contributed by atoms with Crippen molar-refractivity contribution in [3.63, 3.8) is 0 Å². The number of hydrogen-bond acceptors (Lipinski definition) is 4. The van der Waals surface area contributed by atoms with Crippen molar-refractivity contribution < 1.29 is 14.0 Å². The van der Waals surface area contributed by atoms with Crippen molar-refractivity contribution in [2.24, 2.45) is 12.8 Å². The topological polar surface area (TPSA) is 80.4 Å². The predicted octanol–water partition coefficient (Wildman–Crippen LogP) is 2.89. The van der Waals surface area contributed by atoms with Crippen LogP contribution < -0.4 is 11.1 Å². The van der Waals surface area contributed by atoms with Crippen LogP contribution in [0.25, 0.3) is 0 Å². The van der Waals surface area contributed by atoms with Crippen molar-refractivity contribution in [2.75, 3.05) is 18.4 Å². The van der Waals surface area contributed by atoms with Crippen molar-refractivity contribution >= 4 is 45.8 Å². The number of carbonyl (C=O) groups excluding carboxylic acids is 2. The molecule has 1 aliphatic heterocycles. The van der Waals surface area contributed by atoms with E-state index in [-0.39, 0.29) is 23.4 Å². The average Bonchev–Trinajstić information content (AvgIpc) is 3.14. The second-order valence-electron chi connectivity index (χ2n) is 6.46. The zero-order chi connectivity index (χ0) is 19.0. The van der Waals surface area contributed by atoms with Gasteiger partial charge in [-0.3, -0.25) is 9.59 Å². The number of nitrogens with two attached hydrogens (primary N) is 1. The highest BCUT2D eigenvalue weighted by molar-refractivity contribution is 14.1. The summed E-state index contributed by atoms with van der Waals surface area (Å²) in [5.74, 6) is -0.421. The largest absolute Gasteiger partial charge is 0.339 e. The number of hydrogen-bond donors (Lipinski definition) is 2. The summed E-state index contributed by atoms with van der Waals surface area (Å²) in [6, 6.07) is 6.29. The third-order valence-corrected chi connectivity index (χ3v) is 5.19. The molecule has 1 fully saturated rings. The summed E-state index contributed by atoms with van der Waals surface area (Å²) < 4.78 is 16.6. The van der Waals surface area contributed by atoms with Gasteiger partial charge in [0.1, 0.15) is 11.6 Å². The molecule has 0 spiro atoms. The minimum atomic E-state index is -0.427. The lowest BCUT2D eigenvalue weighted by molar-refractivity contribution is 0.0792. The number of ketones is 1. The fourth-order valence-corrected chi connectivity index (χ4v) is 3.57. The van der Waals surface area contributed by atoms with E-state index in [1.807, 2.05) is 22.6 Å². The minimum Gasteiger partial charge on any atom is -0.339 e. The Morgan fingerprint density at radius 1 is 1.35 bits per heavy atom. The molecule has 1 aliphatic rings. The van der Waals surface area contributed by atoms with Crippen LogP contribution in [0, 0.1) is 9.39 Å². The van der Waals surface area contributed by atoms with Crippen LogP contribution in [0.15, 0.2) is 24.3 Å². The van der Waals surface area contributed by atoms with Crippen molar-refractivity contribution in [3.05, 3.63) is 44.9 Å². The van der Waals surface area contributed by atoms with Gasteiger partial charge in [-0.2, -0.15) is 0 Å². The molecule has 138 valence electrons. The van der Waals surface area contributed by atoms with Crippen LogP contribution in [0.2, 0.25) is 0 Å². The SMILES string of the molecule is CC(=O)c1cc(C(=O)N2CCC(N)C2)c(Nc2ccc(I)cc2F)n1C. The van der Waals surface area contributed by atoms with Crippen LogP contribution >= 0.6 is 22.6 Å². The van der Waals surface area contributed by atoms with Gasteiger partial charge in [0.05, 0.1) is 16.9 Å². The molecule has 2 heterocycles. The molecular formula is C18H20FIN4O2. The molecule has 3 rings (SSSR count). The molecule has 6 nitrogen and oxygen atoms in total. The molecule has 1 atom stereocenters. The highest BCUT2D eigenvalue weighted by Gasteiger charge is 2.29. The van der Waals surface area contributed by atoms with Gasteiger partial charge in [0.2, 0.25) is 0 Å². The molecule has 1 aromatic heterocycles. The Hall–Kier alpha value is -1.94. The van der Waals surface area contributed by atoms with Gasteiger partial charge in [-0.15, -0.1) is 0 Å². The highest BCUT2D eigenvalue weighted by atomic mass is 127. The van der Waals surface area contributed by atoms with Crippen LogP contribution in [0.4, 0.5) is 15.9 Å². The molecule has 2 aromatic rings. The number of aromatic nitrogens is 1. The summed E-state index contributed by atoms with van der Waals surface area (Å²) in [7, 11) is 1.68. The lowest BCUT2D eigenvalue weighted by Gasteiger charge is -2.17. The number of nitrogens with zero attached hydrogens (tertiary/aromatic N) is 2. The quantitative estimate of drug-likeness (QED) is 0.532. The van der Waals surface area contributed by atoms with E-state index in [1.54, 1.807) is 34.7 Å². The first-order valence-corrected chi connectivity index (χ1v) is 9.33. The molecule has 0 aliphatic carbocycles. The summed E-state index contributed by atoms with van der Waals surface area (Å²) in [6.07, 6.45) is 0.743. The van der Waals surface area contributed by atoms with Crippen molar-refractivity contribution in [3.8, 4) is 0 Å². The predicted molar refractivity (Wildman–Crippen MR) is 106 cm³/mol. The molecule has 1 aromatic carbocycles. The Kier molecular flexibility index (Phi) is 5.33. The van der Waals surface area contributed by atoms with Crippen LogP contribution in [0.5, 0.6) is 0 Å². The maximum atomic E-state index is 14.3.